The van der Waals surface area contributed by atoms with E-state index >= 15 is 0 Å². The van der Waals surface area contributed by atoms with E-state index in [1.54, 1.807) is 24.3 Å². The Morgan fingerprint density at radius 3 is 2.42 bits per heavy atom. The highest BCUT2D eigenvalue weighted by Crippen LogP contribution is 2.25. The lowest BCUT2D eigenvalue weighted by molar-refractivity contribution is 0.0952. The van der Waals surface area contributed by atoms with Crippen LogP contribution in [0.1, 0.15) is 15.9 Å². The molecular formula is C18H13BrN2O3. The molecule has 5 nitrogen and oxygen atoms in total. The minimum Gasteiger partial charge on any atom is -0.507 e. The lowest BCUT2D eigenvalue weighted by atomic mass is 10.1. The first-order valence-corrected chi connectivity index (χ1v) is 7.87. The number of nitrogens with zero attached hydrogens (tertiary/aromatic N) is 1. The van der Waals surface area contributed by atoms with Gasteiger partial charge in [-0.1, -0.05) is 24.3 Å². The number of phenolic OH excluding ortho intramolecular Hbond substituents is 2. The van der Waals surface area contributed by atoms with Crippen molar-refractivity contribution in [1.82, 2.24) is 5.43 Å². The Morgan fingerprint density at radius 1 is 1.00 bits per heavy atom. The number of rotatable bonds is 3. The molecule has 3 aromatic rings. The zero-order valence-corrected chi connectivity index (χ0v) is 14.0. The summed E-state index contributed by atoms with van der Waals surface area (Å²) >= 11 is 3.20. The van der Waals surface area contributed by atoms with E-state index in [4.69, 9.17) is 0 Å². The fourth-order valence-electron chi connectivity index (χ4n) is 2.24. The maximum Gasteiger partial charge on any atom is 0.275 e. The zero-order valence-electron chi connectivity index (χ0n) is 12.4. The highest BCUT2D eigenvalue weighted by molar-refractivity contribution is 9.10. The molecule has 0 aliphatic carbocycles. The van der Waals surface area contributed by atoms with Crippen LogP contribution >= 0.6 is 15.9 Å². The SMILES string of the molecule is O=C(N/N=C/c1ccc(O)c(Br)c1)c1cc2ccccc2cc1O. The molecule has 0 aromatic heterocycles. The Bertz CT molecular complexity index is 954. The Labute approximate surface area is 146 Å². The summed E-state index contributed by atoms with van der Waals surface area (Å²) in [6, 6.07) is 15.5. The van der Waals surface area contributed by atoms with Gasteiger partial charge in [0.2, 0.25) is 0 Å². The fraction of sp³-hybridized carbons (Fsp3) is 0. The van der Waals surface area contributed by atoms with Crippen LogP contribution in [0.15, 0.2) is 64.2 Å². The van der Waals surface area contributed by atoms with Gasteiger partial charge in [0, 0.05) is 0 Å². The summed E-state index contributed by atoms with van der Waals surface area (Å²) in [5.74, 6) is -0.488. The Morgan fingerprint density at radius 2 is 1.71 bits per heavy atom. The third-order valence-electron chi connectivity index (χ3n) is 3.46. The molecule has 3 rings (SSSR count). The largest absolute Gasteiger partial charge is 0.507 e. The summed E-state index contributed by atoms with van der Waals surface area (Å²) < 4.78 is 0.532. The van der Waals surface area contributed by atoms with Gasteiger partial charge in [0.15, 0.2) is 0 Å². The first-order chi connectivity index (χ1) is 11.5. The molecule has 0 saturated heterocycles. The van der Waals surface area contributed by atoms with Crippen molar-refractivity contribution in [3.63, 3.8) is 0 Å². The molecule has 0 aliphatic rings. The number of phenols is 2. The number of hydrogen-bond acceptors (Lipinski definition) is 4. The highest BCUT2D eigenvalue weighted by atomic mass is 79.9. The molecular weight excluding hydrogens is 372 g/mol. The number of hydrazone groups is 1. The van der Waals surface area contributed by atoms with Crippen molar-refractivity contribution in [3.8, 4) is 11.5 Å². The van der Waals surface area contributed by atoms with Gasteiger partial charge in [-0.05, 0) is 62.6 Å². The van der Waals surface area contributed by atoms with Crippen molar-refractivity contribution in [3.05, 3.63) is 70.2 Å². The van der Waals surface area contributed by atoms with Gasteiger partial charge >= 0.3 is 0 Å². The summed E-state index contributed by atoms with van der Waals surface area (Å²) in [6.07, 6.45) is 1.44. The lowest BCUT2D eigenvalue weighted by Gasteiger charge is -2.05. The van der Waals surface area contributed by atoms with Crippen LogP contribution in [0, 0.1) is 0 Å². The molecule has 24 heavy (non-hydrogen) atoms. The second kappa shape index (κ2) is 6.72. The first-order valence-electron chi connectivity index (χ1n) is 7.08. The van der Waals surface area contributed by atoms with Crippen molar-refractivity contribution in [2.75, 3.05) is 0 Å². The van der Waals surface area contributed by atoms with E-state index in [0.29, 0.717) is 10.0 Å². The molecule has 3 N–H and O–H groups in total. The minimum atomic E-state index is -0.507. The zero-order chi connectivity index (χ0) is 17.1. The molecule has 1 amide bonds. The van der Waals surface area contributed by atoms with Crippen molar-refractivity contribution < 1.29 is 15.0 Å². The average Bonchev–Trinajstić information content (AvgIpc) is 2.57. The fourth-order valence-corrected chi connectivity index (χ4v) is 2.64. The van der Waals surface area contributed by atoms with Crippen LogP contribution in [0.4, 0.5) is 0 Å². The highest BCUT2D eigenvalue weighted by Gasteiger charge is 2.11. The number of aromatic hydroxyl groups is 2. The normalized spacial score (nSPS) is 11.0. The number of benzene rings is 3. The van der Waals surface area contributed by atoms with Crippen LogP contribution < -0.4 is 5.43 Å². The molecule has 0 bridgehead atoms. The lowest BCUT2D eigenvalue weighted by Crippen LogP contribution is -2.17. The number of hydrogen-bond donors (Lipinski definition) is 3. The van der Waals surface area contributed by atoms with E-state index in [2.05, 4.69) is 26.5 Å². The van der Waals surface area contributed by atoms with Crippen molar-refractivity contribution in [2.24, 2.45) is 5.10 Å². The van der Waals surface area contributed by atoms with Gasteiger partial charge < -0.3 is 10.2 Å². The molecule has 0 radical (unpaired) electrons. The number of nitrogens with one attached hydrogen (secondary N) is 1. The predicted octanol–water partition coefficient (Wildman–Crippen LogP) is 3.78. The molecule has 6 heteroatoms. The molecule has 3 aromatic carbocycles. The van der Waals surface area contributed by atoms with Gasteiger partial charge in [0.25, 0.3) is 5.91 Å². The van der Waals surface area contributed by atoms with E-state index in [9.17, 15) is 15.0 Å². The average molecular weight is 385 g/mol. The second-order valence-corrected chi connectivity index (χ2v) is 5.98. The van der Waals surface area contributed by atoms with Crippen molar-refractivity contribution >= 4 is 38.8 Å². The Hall–Kier alpha value is -2.86. The van der Waals surface area contributed by atoms with Gasteiger partial charge in [-0.25, -0.2) is 5.43 Å². The summed E-state index contributed by atoms with van der Waals surface area (Å²) in [5, 5.41) is 25.0. The van der Waals surface area contributed by atoms with Gasteiger partial charge in [0.1, 0.15) is 11.5 Å². The van der Waals surface area contributed by atoms with Crippen molar-refractivity contribution in [2.45, 2.75) is 0 Å². The smallest absolute Gasteiger partial charge is 0.275 e. The third kappa shape index (κ3) is 3.38. The van der Waals surface area contributed by atoms with Gasteiger partial charge in [-0.3, -0.25) is 4.79 Å². The maximum absolute atomic E-state index is 12.2. The minimum absolute atomic E-state index is 0.103. The number of halogens is 1. The molecule has 0 aliphatic heterocycles. The van der Waals surface area contributed by atoms with Gasteiger partial charge in [-0.15, -0.1) is 0 Å². The molecule has 0 saturated carbocycles. The van der Waals surface area contributed by atoms with Gasteiger partial charge in [0.05, 0.1) is 16.3 Å². The molecule has 0 unspecified atom stereocenters. The standard InChI is InChI=1S/C18H13BrN2O3/c19-15-7-11(5-6-16(15)22)10-20-21-18(24)14-8-12-3-1-2-4-13(12)9-17(14)23/h1-10,22-23H,(H,21,24)/b20-10+. The predicted molar refractivity (Wildman–Crippen MR) is 96.5 cm³/mol. The van der Waals surface area contributed by atoms with E-state index < -0.39 is 5.91 Å². The molecule has 0 spiro atoms. The second-order valence-electron chi connectivity index (χ2n) is 5.13. The van der Waals surface area contributed by atoms with E-state index in [-0.39, 0.29) is 17.1 Å². The van der Waals surface area contributed by atoms with Gasteiger partial charge in [-0.2, -0.15) is 5.10 Å². The molecule has 0 atom stereocenters. The summed E-state index contributed by atoms with van der Waals surface area (Å²) in [4.78, 5) is 12.2. The third-order valence-corrected chi connectivity index (χ3v) is 4.10. The first kappa shape index (κ1) is 16.0. The van der Waals surface area contributed by atoms with E-state index in [1.165, 1.54) is 12.3 Å². The van der Waals surface area contributed by atoms with Crippen LogP contribution in [0.2, 0.25) is 0 Å². The van der Waals surface area contributed by atoms with E-state index in [1.807, 2.05) is 24.3 Å². The number of amides is 1. The van der Waals surface area contributed by atoms with Crippen LogP contribution in [0.3, 0.4) is 0 Å². The summed E-state index contributed by atoms with van der Waals surface area (Å²) in [6.45, 7) is 0. The Kier molecular flexibility index (Phi) is 4.48. The molecule has 0 fully saturated rings. The Balaban J connectivity index is 1.78. The van der Waals surface area contributed by atoms with Crippen molar-refractivity contribution in [1.29, 1.82) is 0 Å². The molecule has 0 heterocycles. The number of carbonyl (C=O) groups is 1. The maximum atomic E-state index is 12.2. The van der Waals surface area contributed by atoms with Crippen LogP contribution in [0.5, 0.6) is 11.5 Å². The van der Waals surface area contributed by atoms with Crippen LogP contribution in [-0.4, -0.2) is 22.3 Å². The summed E-state index contributed by atoms with van der Waals surface area (Å²) in [7, 11) is 0. The van der Waals surface area contributed by atoms with Crippen LogP contribution in [0.25, 0.3) is 10.8 Å². The number of carbonyl (C=O) groups excluding carboxylic acids is 1. The summed E-state index contributed by atoms with van der Waals surface area (Å²) in [5.41, 5.74) is 3.23. The topological polar surface area (TPSA) is 81.9 Å². The molecule has 120 valence electrons. The van der Waals surface area contributed by atoms with E-state index in [0.717, 1.165) is 10.8 Å². The monoisotopic (exact) mass is 384 g/mol. The quantitative estimate of drug-likeness (QED) is 0.474. The number of fused-ring (bicyclic) bond motifs is 1. The van der Waals surface area contributed by atoms with Crippen LogP contribution in [-0.2, 0) is 0 Å².